The van der Waals surface area contributed by atoms with Crippen molar-refractivity contribution < 1.29 is 4.92 Å². The third-order valence-corrected chi connectivity index (χ3v) is 2.39. The van der Waals surface area contributed by atoms with Crippen molar-refractivity contribution in [3.63, 3.8) is 0 Å². The molecule has 1 rings (SSSR count). The lowest BCUT2D eigenvalue weighted by atomic mass is 10.2. The largest absolute Gasteiger partial charge is 0.378 e. The molecule has 0 saturated heterocycles. The number of nitro benzene ring substituents is 1. The van der Waals surface area contributed by atoms with Gasteiger partial charge in [-0.1, -0.05) is 13.0 Å². The van der Waals surface area contributed by atoms with Gasteiger partial charge in [0.2, 0.25) is 0 Å². The number of anilines is 1. The van der Waals surface area contributed by atoms with Crippen molar-refractivity contribution in [2.24, 2.45) is 0 Å². The van der Waals surface area contributed by atoms with Gasteiger partial charge in [-0.25, -0.2) is 0 Å². The fourth-order valence-corrected chi connectivity index (χ4v) is 1.54. The van der Waals surface area contributed by atoms with Gasteiger partial charge < -0.3 is 10.6 Å². The van der Waals surface area contributed by atoms with Crippen LogP contribution in [0.5, 0.6) is 0 Å². The maximum atomic E-state index is 10.8. The molecule has 0 radical (unpaired) electrons. The highest BCUT2D eigenvalue weighted by Crippen LogP contribution is 2.24. The average Bonchev–Trinajstić information content (AvgIpc) is 2.28. The predicted octanol–water partition coefficient (Wildman–Crippen LogP) is 2.31. The highest BCUT2D eigenvalue weighted by Gasteiger charge is 2.12. The fraction of sp³-hybridized carbons (Fsp3) is 0.500. The van der Waals surface area contributed by atoms with E-state index in [-0.39, 0.29) is 10.6 Å². The molecule has 0 amide bonds. The summed E-state index contributed by atoms with van der Waals surface area (Å²) in [6.45, 7) is 6.48. The summed E-state index contributed by atoms with van der Waals surface area (Å²) in [6.07, 6.45) is 1.09. The second kappa shape index (κ2) is 6.85. The summed E-state index contributed by atoms with van der Waals surface area (Å²) in [5.74, 6) is 0. The molecule has 5 heteroatoms. The number of nitrogens with zero attached hydrogens (tertiary/aromatic N) is 1. The molecule has 2 N–H and O–H groups in total. The Morgan fingerprint density at radius 2 is 2.06 bits per heavy atom. The summed E-state index contributed by atoms with van der Waals surface area (Å²) in [5, 5.41) is 17.1. The highest BCUT2D eigenvalue weighted by atomic mass is 16.6. The number of nitro groups is 1. The van der Waals surface area contributed by atoms with Crippen LogP contribution in [0.25, 0.3) is 0 Å². The van der Waals surface area contributed by atoms with Crippen molar-refractivity contribution in [3.8, 4) is 0 Å². The molecule has 0 saturated carbocycles. The summed E-state index contributed by atoms with van der Waals surface area (Å²) in [6, 6.07) is 5.09. The Bertz CT molecular complexity index is 380. The minimum atomic E-state index is -0.360. The first-order valence-corrected chi connectivity index (χ1v) is 5.84. The normalized spacial score (nSPS) is 10.2. The first-order valence-electron chi connectivity index (χ1n) is 5.84. The maximum absolute atomic E-state index is 10.8. The molecular weight excluding hydrogens is 218 g/mol. The number of rotatable bonds is 7. The number of hydrogen-bond donors (Lipinski definition) is 2. The molecule has 0 bridgehead atoms. The van der Waals surface area contributed by atoms with E-state index in [4.69, 9.17) is 0 Å². The lowest BCUT2D eigenvalue weighted by Crippen LogP contribution is -2.23. The molecule has 0 spiro atoms. The van der Waals surface area contributed by atoms with Gasteiger partial charge in [-0.15, -0.1) is 0 Å². The molecule has 1 aromatic rings. The second-order valence-electron chi connectivity index (χ2n) is 3.95. The Balaban J connectivity index is 2.56. The van der Waals surface area contributed by atoms with E-state index < -0.39 is 0 Å². The molecule has 94 valence electrons. The third kappa shape index (κ3) is 4.40. The number of aryl methyl sites for hydroxylation is 1. The van der Waals surface area contributed by atoms with Gasteiger partial charge in [0.15, 0.2) is 0 Å². The Morgan fingerprint density at radius 1 is 1.29 bits per heavy atom. The summed E-state index contributed by atoms with van der Waals surface area (Å²) in [7, 11) is 0. The zero-order valence-electron chi connectivity index (χ0n) is 10.3. The highest BCUT2D eigenvalue weighted by molar-refractivity contribution is 5.62. The molecule has 0 aliphatic rings. The van der Waals surface area contributed by atoms with E-state index in [0.29, 0.717) is 12.2 Å². The number of hydrogen-bond acceptors (Lipinski definition) is 4. The van der Waals surface area contributed by atoms with Gasteiger partial charge in [0.25, 0.3) is 5.69 Å². The molecule has 1 aromatic carbocycles. The minimum absolute atomic E-state index is 0.131. The Morgan fingerprint density at radius 3 is 2.71 bits per heavy atom. The molecule has 0 heterocycles. The molecule has 0 unspecified atom stereocenters. The van der Waals surface area contributed by atoms with E-state index in [1.165, 1.54) is 6.07 Å². The van der Waals surface area contributed by atoms with Gasteiger partial charge >= 0.3 is 0 Å². The van der Waals surface area contributed by atoms with Crippen molar-refractivity contribution in [2.75, 3.05) is 25.0 Å². The maximum Gasteiger partial charge on any atom is 0.292 e. The minimum Gasteiger partial charge on any atom is -0.378 e. The topological polar surface area (TPSA) is 67.2 Å². The molecule has 5 nitrogen and oxygen atoms in total. The van der Waals surface area contributed by atoms with Gasteiger partial charge in [0, 0.05) is 19.2 Å². The Kier molecular flexibility index (Phi) is 5.42. The van der Waals surface area contributed by atoms with Crippen LogP contribution in [0.2, 0.25) is 0 Å². The number of nitrogens with one attached hydrogen (secondary N) is 2. The van der Waals surface area contributed by atoms with Crippen molar-refractivity contribution in [1.82, 2.24) is 5.32 Å². The van der Waals surface area contributed by atoms with Crippen LogP contribution in [0.1, 0.15) is 18.9 Å². The van der Waals surface area contributed by atoms with Crippen LogP contribution >= 0.6 is 0 Å². The van der Waals surface area contributed by atoms with Crippen LogP contribution in [-0.4, -0.2) is 24.6 Å². The summed E-state index contributed by atoms with van der Waals surface area (Å²) >= 11 is 0. The first-order chi connectivity index (χ1) is 8.15. The van der Waals surface area contributed by atoms with Crippen molar-refractivity contribution >= 4 is 11.4 Å². The van der Waals surface area contributed by atoms with Crippen LogP contribution in [0.4, 0.5) is 11.4 Å². The van der Waals surface area contributed by atoms with Crippen LogP contribution in [-0.2, 0) is 0 Å². The van der Waals surface area contributed by atoms with Crippen LogP contribution in [0.3, 0.4) is 0 Å². The SMILES string of the molecule is CCCNCCNc1cc(C)ccc1[N+](=O)[O-]. The smallest absolute Gasteiger partial charge is 0.292 e. The van der Waals surface area contributed by atoms with Gasteiger partial charge in [-0.3, -0.25) is 10.1 Å². The van der Waals surface area contributed by atoms with Crippen molar-refractivity contribution in [1.29, 1.82) is 0 Å². The molecule has 0 atom stereocenters. The summed E-state index contributed by atoms with van der Waals surface area (Å²) in [5.41, 5.74) is 1.74. The van der Waals surface area contributed by atoms with Crippen LogP contribution in [0, 0.1) is 17.0 Å². The fourth-order valence-electron chi connectivity index (χ4n) is 1.54. The van der Waals surface area contributed by atoms with E-state index in [1.807, 2.05) is 6.92 Å². The van der Waals surface area contributed by atoms with Gasteiger partial charge in [0.1, 0.15) is 5.69 Å². The van der Waals surface area contributed by atoms with Gasteiger partial charge in [-0.2, -0.15) is 0 Å². The molecular formula is C12H19N3O2. The summed E-state index contributed by atoms with van der Waals surface area (Å²) < 4.78 is 0. The Labute approximate surface area is 101 Å². The first kappa shape index (κ1) is 13.4. The predicted molar refractivity (Wildman–Crippen MR) is 69.5 cm³/mol. The summed E-state index contributed by atoms with van der Waals surface area (Å²) in [4.78, 5) is 10.5. The zero-order valence-corrected chi connectivity index (χ0v) is 10.3. The van der Waals surface area contributed by atoms with Crippen LogP contribution in [0.15, 0.2) is 18.2 Å². The van der Waals surface area contributed by atoms with Crippen molar-refractivity contribution in [3.05, 3.63) is 33.9 Å². The van der Waals surface area contributed by atoms with E-state index in [9.17, 15) is 10.1 Å². The Hall–Kier alpha value is -1.62. The lowest BCUT2D eigenvalue weighted by molar-refractivity contribution is -0.384. The van der Waals surface area contributed by atoms with Gasteiger partial charge in [0.05, 0.1) is 4.92 Å². The molecule has 0 aromatic heterocycles. The second-order valence-corrected chi connectivity index (χ2v) is 3.95. The van der Waals surface area contributed by atoms with Crippen molar-refractivity contribution in [2.45, 2.75) is 20.3 Å². The third-order valence-electron chi connectivity index (χ3n) is 2.39. The number of benzene rings is 1. The van der Waals surface area contributed by atoms with Crippen LogP contribution < -0.4 is 10.6 Å². The molecule has 0 fully saturated rings. The van der Waals surface area contributed by atoms with E-state index in [2.05, 4.69) is 17.6 Å². The quantitative estimate of drug-likeness (QED) is 0.434. The monoisotopic (exact) mass is 237 g/mol. The van der Waals surface area contributed by atoms with E-state index in [1.54, 1.807) is 12.1 Å². The molecule has 0 aliphatic heterocycles. The average molecular weight is 237 g/mol. The standard InChI is InChI=1S/C12H19N3O2/c1-3-6-13-7-8-14-11-9-10(2)4-5-12(11)15(16)17/h4-5,9,13-14H,3,6-8H2,1-2H3. The van der Waals surface area contributed by atoms with Gasteiger partial charge in [-0.05, 0) is 31.5 Å². The molecule has 0 aliphatic carbocycles. The van der Waals surface area contributed by atoms with E-state index in [0.717, 1.165) is 25.1 Å². The molecule has 17 heavy (non-hydrogen) atoms. The zero-order chi connectivity index (χ0) is 12.7. The lowest BCUT2D eigenvalue weighted by Gasteiger charge is -2.08. The van der Waals surface area contributed by atoms with E-state index >= 15 is 0 Å².